The molecule has 4 nitrogen and oxygen atoms in total. The first-order valence-corrected chi connectivity index (χ1v) is 11.9. The number of rotatable bonds is 3. The van der Waals surface area contributed by atoms with E-state index in [-0.39, 0.29) is 23.1 Å². The van der Waals surface area contributed by atoms with Crippen molar-refractivity contribution in [3.63, 3.8) is 0 Å². The van der Waals surface area contributed by atoms with Gasteiger partial charge in [-0.1, -0.05) is 42.5 Å². The van der Waals surface area contributed by atoms with Gasteiger partial charge in [-0.25, -0.2) is 4.39 Å². The van der Waals surface area contributed by atoms with E-state index in [1.54, 1.807) is 13.2 Å². The molecule has 0 saturated carbocycles. The molecule has 5 heteroatoms. The molecule has 6 rings (SSSR count). The number of benzene rings is 3. The molecule has 1 aromatic heterocycles. The lowest BCUT2D eigenvalue weighted by molar-refractivity contribution is 0.0501. The quantitative estimate of drug-likeness (QED) is 0.443. The molecular formula is C29H27FN2O2. The average Bonchev–Trinajstić information content (AvgIpc) is 3.25. The molecule has 1 fully saturated rings. The average molecular weight is 455 g/mol. The number of amides is 1. The summed E-state index contributed by atoms with van der Waals surface area (Å²) in [6, 6.07) is 23.1. The SMILES string of the molecule is COc1cccc(C23CCN(C(=O)c4ccccc4)CC2Cc2c([nH]c4c(F)cccc24)C3)c1. The number of carbonyl (C=O) groups is 1. The van der Waals surface area contributed by atoms with Gasteiger partial charge in [-0.05, 0) is 66.6 Å². The molecular weight excluding hydrogens is 427 g/mol. The fourth-order valence-corrected chi connectivity index (χ4v) is 6.16. The van der Waals surface area contributed by atoms with Gasteiger partial charge in [0, 0.05) is 35.1 Å². The number of methoxy groups -OCH3 is 1. The molecule has 2 atom stereocenters. The summed E-state index contributed by atoms with van der Waals surface area (Å²) in [7, 11) is 1.69. The zero-order chi connectivity index (χ0) is 23.3. The normalized spacial score (nSPS) is 21.7. The number of likely N-dealkylation sites (tertiary alicyclic amines) is 1. The maximum atomic E-state index is 14.6. The van der Waals surface area contributed by atoms with Crippen LogP contribution >= 0.6 is 0 Å². The third-order valence-electron chi connectivity index (χ3n) is 7.92. The summed E-state index contributed by atoms with van der Waals surface area (Å²) in [6.07, 6.45) is 2.44. The summed E-state index contributed by atoms with van der Waals surface area (Å²) in [4.78, 5) is 18.7. The number of nitrogens with zero attached hydrogens (tertiary/aromatic N) is 1. The number of nitrogens with one attached hydrogen (secondary N) is 1. The molecule has 1 aliphatic heterocycles. The van der Waals surface area contributed by atoms with Crippen molar-refractivity contribution < 1.29 is 13.9 Å². The zero-order valence-corrected chi connectivity index (χ0v) is 19.2. The Morgan fingerprint density at radius 1 is 1.09 bits per heavy atom. The van der Waals surface area contributed by atoms with E-state index in [0.717, 1.165) is 41.7 Å². The molecule has 0 spiro atoms. The molecule has 0 bridgehead atoms. The Kier molecular flexibility index (Phi) is 4.94. The molecule has 2 heterocycles. The van der Waals surface area contributed by atoms with Gasteiger partial charge in [0.2, 0.25) is 0 Å². The highest BCUT2D eigenvalue weighted by Crippen LogP contribution is 2.49. The van der Waals surface area contributed by atoms with Gasteiger partial charge in [0.15, 0.2) is 0 Å². The molecule has 4 aromatic rings. The molecule has 34 heavy (non-hydrogen) atoms. The summed E-state index contributed by atoms with van der Waals surface area (Å²) in [5.41, 5.74) is 4.69. The van der Waals surface area contributed by atoms with E-state index < -0.39 is 0 Å². The third-order valence-corrected chi connectivity index (χ3v) is 7.92. The largest absolute Gasteiger partial charge is 0.497 e. The van der Waals surface area contributed by atoms with Crippen LogP contribution in [0.4, 0.5) is 4.39 Å². The van der Waals surface area contributed by atoms with Gasteiger partial charge >= 0.3 is 0 Å². The topological polar surface area (TPSA) is 45.3 Å². The zero-order valence-electron chi connectivity index (χ0n) is 19.2. The van der Waals surface area contributed by atoms with E-state index in [1.165, 1.54) is 17.2 Å². The molecule has 3 aromatic carbocycles. The van der Waals surface area contributed by atoms with E-state index >= 15 is 0 Å². The van der Waals surface area contributed by atoms with Crippen molar-refractivity contribution in [1.82, 2.24) is 9.88 Å². The van der Waals surface area contributed by atoms with E-state index in [4.69, 9.17) is 4.74 Å². The molecule has 2 unspecified atom stereocenters. The lowest BCUT2D eigenvalue weighted by Crippen LogP contribution is -2.55. The number of halogens is 1. The number of fused-ring (bicyclic) bond motifs is 4. The maximum absolute atomic E-state index is 14.6. The van der Waals surface area contributed by atoms with Crippen LogP contribution in [-0.2, 0) is 18.3 Å². The minimum atomic E-state index is -0.216. The number of hydrogen-bond acceptors (Lipinski definition) is 2. The number of aromatic amines is 1. The van der Waals surface area contributed by atoms with Gasteiger partial charge in [-0.2, -0.15) is 0 Å². The van der Waals surface area contributed by atoms with E-state index in [0.29, 0.717) is 18.6 Å². The number of aromatic nitrogens is 1. The van der Waals surface area contributed by atoms with Gasteiger partial charge in [0.25, 0.3) is 5.91 Å². The van der Waals surface area contributed by atoms with Crippen LogP contribution in [0.3, 0.4) is 0 Å². The summed E-state index contributed by atoms with van der Waals surface area (Å²) in [5.74, 6) is 0.916. The fourth-order valence-electron chi connectivity index (χ4n) is 6.16. The third kappa shape index (κ3) is 3.22. The van der Waals surface area contributed by atoms with Crippen molar-refractivity contribution in [3.05, 3.63) is 101 Å². The summed E-state index contributed by atoms with van der Waals surface area (Å²) < 4.78 is 20.2. The summed E-state index contributed by atoms with van der Waals surface area (Å²) in [5, 5.41) is 0.959. The van der Waals surface area contributed by atoms with Crippen LogP contribution in [0, 0.1) is 11.7 Å². The maximum Gasteiger partial charge on any atom is 0.253 e. The van der Waals surface area contributed by atoms with Crippen molar-refractivity contribution in [2.24, 2.45) is 5.92 Å². The van der Waals surface area contributed by atoms with Gasteiger partial charge in [-0.15, -0.1) is 0 Å². The molecule has 2 aliphatic rings. The second-order valence-corrected chi connectivity index (χ2v) is 9.58. The van der Waals surface area contributed by atoms with Crippen LogP contribution in [-0.4, -0.2) is 36.0 Å². The Hall–Kier alpha value is -3.60. The highest BCUT2D eigenvalue weighted by molar-refractivity contribution is 5.94. The fraction of sp³-hybridized carbons (Fsp3) is 0.276. The van der Waals surface area contributed by atoms with Crippen molar-refractivity contribution in [3.8, 4) is 5.75 Å². The van der Waals surface area contributed by atoms with Gasteiger partial charge in [0.1, 0.15) is 11.6 Å². The minimum absolute atomic E-state index is 0.0793. The van der Waals surface area contributed by atoms with Crippen LogP contribution in [0.5, 0.6) is 5.75 Å². The number of ether oxygens (including phenoxy) is 1. The first kappa shape index (κ1) is 21.0. The van der Waals surface area contributed by atoms with Crippen molar-refractivity contribution in [2.45, 2.75) is 24.7 Å². The van der Waals surface area contributed by atoms with E-state index in [1.807, 2.05) is 53.4 Å². The molecule has 1 N–H and O–H groups in total. The molecule has 1 saturated heterocycles. The summed E-state index contributed by atoms with van der Waals surface area (Å²) in [6.45, 7) is 1.36. The lowest BCUT2D eigenvalue weighted by Gasteiger charge is -2.51. The number of H-pyrrole nitrogens is 1. The van der Waals surface area contributed by atoms with Crippen molar-refractivity contribution in [2.75, 3.05) is 20.2 Å². The Balaban J connectivity index is 1.44. The minimum Gasteiger partial charge on any atom is -0.497 e. The monoisotopic (exact) mass is 454 g/mol. The highest BCUT2D eigenvalue weighted by atomic mass is 19.1. The standard InChI is InChI=1S/C29H27FN2O2/c1-34-22-10-5-9-20(15-22)29-13-14-32(28(33)19-7-3-2-4-8-19)18-21(29)16-24-23-11-6-12-25(30)27(23)31-26(24)17-29/h2-12,15,21,31H,13-14,16-18H2,1H3. The first-order chi connectivity index (χ1) is 16.6. The highest BCUT2D eigenvalue weighted by Gasteiger charge is 2.49. The number of para-hydroxylation sites is 1. The number of piperidine rings is 1. The smallest absolute Gasteiger partial charge is 0.253 e. The predicted molar refractivity (Wildman–Crippen MR) is 131 cm³/mol. The van der Waals surface area contributed by atoms with Crippen LogP contribution in [0.1, 0.15) is 33.6 Å². The van der Waals surface area contributed by atoms with Crippen LogP contribution in [0.15, 0.2) is 72.8 Å². The predicted octanol–water partition coefficient (Wildman–Crippen LogP) is 5.51. The Bertz CT molecular complexity index is 1380. The lowest BCUT2D eigenvalue weighted by atomic mass is 9.58. The Morgan fingerprint density at radius 3 is 2.74 bits per heavy atom. The molecule has 1 aliphatic carbocycles. The van der Waals surface area contributed by atoms with Crippen LogP contribution in [0.2, 0.25) is 0 Å². The second-order valence-electron chi connectivity index (χ2n) is 9.58. The van der Waals surface area contributed by atoms with Crippen molar-refractivity contribution >= 4 is 16.8 Å². The second kappa shape index (κ2) is 8.01. The summed E-state index contributed by atoms with van der Waals surface area (Å²) >= 11 is 0. The van der Waals surface area contributed by atoms with Gasteiger partial charge in [0.05, 0.1) is 12.6 Å². The van der Waals surface area contributed by atoms with Crippen LogP contribution in [0.25, 0.3) is 10.9 Å². The number of carbonyl (C=O) groups excluding carboxylic acids is 1. The molecule has 0 radical (unpaired) electrons. The van der Waals surface area contributed by atoms with Crippen molar-refractivity contribution in [1.29, 1.82) is 0 Å². The Labute approximate surface area is 198 Å². The number of hydrogen-bond donors (Lipinski definition) is 1. The van der Waals surface area contributed by atoms with Crippen LogP contribution < -0.4 is 4.74 Å². The Morgan fingerprint density at radius 2 is 1.91 bits per heavy atom. The molecule has 172 valence electrons. The first-order valence-electron chi connectivity index (χ1n) is 11.9. The van der Waals surface area contributed by atoms with Gasteiger partial charge < -0.3 is 14.6 Å². The molecule has 1 amide bonds. The van der Waals surface area contributed by atoms with E-state index in [2.05, 4.69) is 17.1 Å². The van der Waals surface area contributed by atoms with E-state index in [9.17, 15) is 9.18 Å². The van der Waals surface area contributed by atoms with Gasteiger partial charge in [-0.3, -0.25) is 4.79 Å².